The van der Waals surface area contributed by atoms with Gasteiger partial charge in [-0.15, -0.1) is 0 Å². The van der Waals surface area contributed by atoms with Gasteiger partial charge >= 0.3 is 22.5 Å². The topological polar surface area (TPSA) is 139 Å². The highest BCUT2D eigenvalue weighted by atomic mass is 31.1. The molecule has 0 bridgehead atoms. The molecule has 0 radical (unpaired) electrons. The van der Waals surface area contributed by atoms with Crippen molar-refractivity contribution in [3.63, 3.8) is 0 Å². The van der Waals surface area contributed by atoms with Crippen molar-refractivity contribution in [2.24, 2.45) is 5.73 Å². The molecule has 0 spiro atoms. The largest absolute Gasteiger partial charge is 0.342 e. The quantitative estimate of drug-likeness (QED) is 0.321. The molecule has 0 rings (SSSR count). The minimum atomic E-state index is -3.49. The average molecular weight is 221 g/mol. The van der Waals surface area contributed by atoms with Crippen molar-refractivity contribution in [3.8, 4) is 0 Å². The van der Waals surface area contributed by atoms with Crippen LogP contribution in [0.5, 0.6) is 0 Å². The molecule has 0 saturated carbocycles. The summed E-state index contributed by atoms with van der Waals surface area (Å²) < 4.78 is 27.8. The Morgan fingerprint density at radius 3 is 1.75 bits per heavy atom. The first-order valence-corrected chi connectivity index (χ1v) is 5.18. The van der Waals surface area contributed by atoms with E-state index in [0.29, 0.717) is 0 Å². The van der Waals surface area contributed by atoms with Crippen LogP contribution < -0.4 is 5.73 Å². The third kappa shape index (κ3) is 4.97. The van der Waals surface area contributed by atoms with Gasteiger partial charge in [-0.05, 0) is 0 Å². The van der Waals surface area contributed by atoms with Gasteiger partial charge in [0.15, 0.2) is 0 Å². The van der Waals surface area contributed by atoms with Gasteiger partial charge in [0, 0.05) is 0 Å². The van der Waals surface area contributed by atoms with E-state index < -0.39 is 29.0 Å². The van der Waals surface area contributed by atoms with Crippen LogP contribution in [0, 0.1) is 0 Å². The summed E-state index contributed by atoms with van der Waals surface area (Å²) in [5.74, 6) is -2.67. The van der Waals surface area contributed by atoms with E-state index >= 15 is 0 Å². The molecular weight excluding hydrogens is 212 g/mol. The van der Waals surface area contributed by atoms with Crippen LogP contribution in [0.3, 0.4) is 0 Å². The lowest BCUT2D eigenvalue weighted by atomic mass is 10.6. The van der Waals surface area contributed by atoms with Crippen LogP contribution >= 0.6 is 16.5 Å². The molecule has 0 amide bonds. The van der Waals surface area contributed by atoms with Crippen molar-refractivity contribution in [3.05, 3.63) is 0 Å². The first-order valence-electron chi connectivity index (χ1n) is 2.66. The molecule has 0 heterocycles. The molecule has 0 aliphatic carbocycles. The fourth-order valence-electron chi connectivity index (χ4n) is 0.377. The molecule has 12 heavy (non-hydrogen) atoms. The Balaban J connectivity index is 4.23. The summed E-state index contributed by atoms with van der Waals surface area (Å²) in [7, 11) is -6.97. The van der Waals surface area contributed by atoms with E-state index in [9.17, 15) is 9.13 Å². The summed E-state index contributed by atoms with van der Waals surface area (Å²) in [6.45, 7) is -0.735. The first-order chi connectivity index (χ1) is 5.39. The summed E-state index contributed by atoms with van der Waals surface area (Å²) in [4.78, 5) is 16.4. The minimum absolute atomic E-state index is 0.735. The molecule has 10 heteroatoms. The van der Waals surface area contributed by atoms with E-state index in [2.05, 4.69) is 9.05 Å². The van der Waals surface area contributed by atoms with Gasteiger partial charge in [0.25, 0.3) is 0 Å². The molecule has 8 nitrogen and oxygen atoms in total. The Bertz CT molecular complexity index is 178. The number of hydrogen-bond acceptors (Lipinski definition) is 6. The van der Waals surface area contributed by atoms with Gasteiger partial charge in [0.05, 0.1) is 6.54 Å². The zero-order valence-electron chi connectivity index (χ0n) is 5.76. The van der Waals surface area contributed by atoms with E-state index in [1.807, 2.05) is 0 Å². The summed E-state index contributed by atoms with van der Waals surface area (Å²) in [6.07, 6.45) is 0. The Morgan fingerprint density at radius 2 is 1.58 bits per heavy atom. The molecule has 0 aromatic heterocycles. The maximum Gasteiger partial charge on any atom is 0.320 e. The van der Waals surface area contributed by atoms with E-state index in [1.165, 1.54) is 0 Å². The second-order valence-corrected chi connectivity index (χ2v) is 3.12. The summed E-state index contributed by atoms with van der Waals surface area (Å²) in [6, 6.07) is 0. The van der Waals surface area contributed by atoms with Gasteiger partial charge in [-0.2, -0.15) is 0 Å². The minimum Gasteiger partial charge on any atom is -0.342 e. The van der Waals surface area contributed by atoms with Crippen LogP contribution in [0.2, 0.25) is 0 Å². The lowest BCUT2D eigenvalue weighted by molar-refractivity contribution is -0.264. The SMILES string of the molecule is NCC(O)(O[PH](=O)O)O[PH](=O)O. The van der Waals surface area contributed by atoms with Crippen LogP contribution in [0.25, 0.3) is 0 Å². The summed E-state index contributed by atoms with van der Waals surface area (Å²) in [5, 5.41) is 8.92. The van der Waals surface area contributed by atoms with Gasteiger partial charge in [0.1, 0.15) is 0 Å². The molecule has 0 aliphatic heterocycles. The zero-order valence-corrected chi connectivity index (χ0v) is 7.76. The van der Waals surface area contributed by atoms with Gasteiger partial charge in [-0.1, -0.05) is 0 Å². The lowest BCUT2D eigenvalue weighted by Gasteiger charge is -2.22. The van der Waals surface area contributed by atoms with Gasteiger partial charge in [-0.3, -0.25) is 18.2 Å². The van der Waals surface area contributed by atoms with E-state index in [0.717, 1.165) is 0 Å². The Morgan fingerprint density at radius 1 is 1.25 bits per heavy atom. The second kappa shape index (κ2) is 5.06. The molecule has 0 aliphatic rings. The van der Waals surface area contributed by atoms with Crippen LogP contribution in [0.4, 0.5) is 0 Å². The Hall–Kier alpha value is 0.220. The normalized spacial score (nSPS) is 21.3. The van der Waals surface area contributed by atoms with Crippen molar-refractivity contribution >= 4 is 16.5 Å². The van der Waals surface area contributed by atoms with Crippen LogP contribution in [0.1, 0.15) is 0 Å². The summed E-state index contributed by atoms with van der Waals surface area (Å²) >= 11 is 0. The highest BCUT2D eigenvalue weighted by Crippen LogP contribution is 2.31. The highest BCUT2D eigenvalue weighted by molar-refractivity contribution is 7.33. The Labute approximate surface area is 68.8 Å². The standard InChI is InChI=1S/C2H9NO7P2/c3-1-2(4,9-11(5)6)10-12(7)8/h4,11-12H,1,3H2,(H,5,6)(H,7,8). The van der Waals surface area contributed by atoms with E-state index in [4.69, 9.17) is 20.6 Å². The maximum atomic E-state index is 10.1. The van der Waals surface area contributed by atoms with Gasteiger partial charge in [0.2, 0.25) is 0 Å². The zero-order chi connectivity index (χ0) is 9.78. The summed E-state index contributed by atoms with van der Waals surface area (Å²) in [5.41, 5.74) is 4.84. The van der Waals surface area contributed by atoms with Crippen molar-refractivity contribution in [2.45, 2.75) is 5.97 Å². The van der Waals surface area contributed by atoms with Crippen molar-refractivity contribution in [2.75, 3.05) is 6.54 Å². The Kier molecular flexibility index (Phi) is 5.15. The maximum absolute atomic E-state index is 10.1. The first kappa shape index (κ1) is 12.2. The predicted molar refractivity (Wildman–Crippen MR) is 38.6 cm³/mol. The molecule has 0 aromatic rings. The molecule has 0 aromatic carbocycles. The molecule has 5 N–H and O–H groups in total. The fourth-order valence-corrected chi connectivity index (χ4v) is 1.26. The number of nitrogens with two attached hydrogens (primary N) is 1. The monoisotopic (exact) mass is 221 g/mol. The molecule has 74 valence electrons. The average Bonchev–Trinajstić information content (AvgIpc) is 1.83. The second-order valence-electron chi connectivity index (χ2n) is 1.65. The predicted octanol–water partition coefficient (Wildman–Crippen LogP) is -1.61. The fraction of sp³-hybridized carbons (Fsp3) is 1.00. The van der Waals surface area contributed by atoms with Crippen molar-refractivity contribution < 1.29 is 33.1 Å². The molecule has 2 unspecified atom stereocenters. The van der Waals surface area contributed by atoms with Crippen LogP contribution in [0.15, 0.2) is 0 Å². The van der Waals surface area contributed by atoms with Gasteiger partial charge < -0.3 is 20.6 Å². The number of rotatable bonds is 5. The van der Waals surface area contributed by atoms with Crippen molar-refractivity contribution in [1.29, 1.82) is 0 Å². The highest BCUT2D eigenvalue weighted by Gasteiger charge is 2.31. The van der Waals surface area contributed by atoms with E-state index in [-0.39, 0.29) is 0 Å². The third-order valence-corrected chi connectivity index (χ3v) is 1.74. The van der Waals surface area contributed by atoms with Gasteiger partial charge in [-0.25, -0.2) is 0 Å². The third-order valence-electron chi connectivity index (χ3n) is 0.752. The number of hydrogen-bond donors (Lipinski definition) is 4. The van der Waals surface area contributed by atoms with Crippen LogP contribution in [-0.4, -0.2) is 27.4 Å². The molecular formula is C2H9NO7P2. The van der Waals surface area contributed by atoms with Crippen LogP contribution in [-0.2, 0) is 18.2 Å². The van der Waals surface area contributed by atoms with Crippen molar-refractivity contribution in [1.82, 2.24) is 0 Å². The lowest BCUT2D eigenvalue weighted by Crippen LogP contribution is -2.39. The molecule has 0 saturated heterocycles. The molecule has 2 atom stereocenters. The van der Waals surface area contributed by atoms with E-state index in [1.54, 1.807) is 0 Å². The molecule has 0 fully saturated rings. The smallest absolute Gasteiger partial charge is 0.320 e. The number of aliphatic hydroxyl groups is 1.